The molecule has 1 heterocycles. The first-order valence-corrected chi connectivity index (χ1v) is 19.4. The number of anilines is 2. The summed E-state index contributed by atoms with van der Waals surface area (Å²) < 4.78 is 12.5. The van der Waals surface area contributed by atoms with Gasteiger partial charge in [-0.1, -0.05) is 114 Å². The van der Waals surface area contributed by atoms with Gasteiger partial charge in [0, 0.05) is 17.5 Å². The monoisotopic (exact) mass is 762 g/mol. The smallest absolute Gasteiger partial charge is 0.259 e. The highest BCUT2D eigenvalue weighted by atomic mass is 16.5. The van der Waals surface area contributed by atoms with Crippen LogP contribution in [0.4, 0.5) is 11.4 Å². The van der Waals surface area contributed by atoms with Gasteiger partial charge in [0.15, 0.2) is 0 Å². The van der Waals surface area contributed by atoms with E-state index in [2.05, 4.69) is 58.8 Å². The van der Waals surface area contributed by atoms with Crippen LogP contribution in [0, 0.1) is 0 Å². The first-order valence-electron chi connectivity index (χ1n) is 19.4. The summed E-state index contributed by atoms with van der Waals surface area (Å²) >= 11 is 0. The lowest BCUT2D eigenvalue weighted by Gasteiger charge is -2.23. The lowest BCUT2D eigenvalue weighted by Crippen LogP contribution is -2.17. The SMILES string of the molecule is C=C1Cc2c(O)c(cc3ccccc23)C(=O)Nc2cc(C(C)(C)C)ccc2OCCCOc2ccc(C(C)(C)C)cc2NC(=O)c2cc3ccccc3c(c2O)C1. The number of hydrogen-bond acceptors (Lipinski definition) is 6. The molecule has 6 aromatic carbocycles. The predicted molar refractivity (Wildman–Crippen MR) is 230 cm³/mol. The summed E-state index contributed by atoms with van der Waals surface area (Å²) in [5, 5.41) is 33.0. The number of carbonyl (C=O) groups is 2. The number of phenols is 2. The number of benzene rings is 6. The van der Waals surface area contributed by atoms with Crippen molar-refractivity contribution in [3.05, 3.63) is 143 Å². The van der Waals surface area contributed by atoms with Gasteiger partial charge in [0.2, 0.25) is 0 Å². The Bertz CT molecular complexity index is 2380. The molecule has 4 bridgehead atoms. The molecule has 4 N–H and O–H groups in total. The number of hydrogen-bond donors (Lipinski definition) is 4. The molecule has 0 spiro atoms. The van der Waals surface area contributed by atoms with E-state index in [4.69, 9.17) is 9.47 Å². The van der Waals surface area contributed by atoms with Crippen LogP contribution in [0.3, 0.4) is 0 Å². The summed E-state index contributed by atoms with van der Waals surface area (Å²) in [7, 11) is 0. The van der Waals surface area contributed by atoms with Crippen molar-refractivity contribution in [2.24, 2.45) is 0 Å². The Balaban J connectivity index is 1.36. The molecule has 0 aliphatic carbocycles. The molecule has 292 valence electrons. The Labute approximate surface area is 334 Å². The fraction of sp³-hybridized carbons (Fsp3) is 0.265. The molecule has 0 saturated carbocycles. The van der Waals surface area contributed by atoms with Crippen LogP contribution in [-0.4, -0.2) is 35.2 Å². The topological polar surface area (TPSA) is 117 Å². The number of rotatable bonds is 0. The second kappa shape index (κ2) is 15.3. The minimum atomic E-state index is -0.486. The normalized spacial score (nSPS) is 14.6. The molecule has 2 amide bonds. The van der Waals surface area contributed by atoms with Crippen molar-refractivity contribution in [3.63, 3.8) is 0 Å². The van der Waals surface area contributed by atoms with Crippen molar-refractivity contribution < 1.29 is 29.3 Å². The number of ether oxygens (including phenoxy) is 2. The molecular formula is C49H50N2O6. The first kappa shape index (κ1) is 39.0. The van der Waals surface area contributed by atoms with Crippen molar-refractivity contribution in [1.82, 2.24) is 0 Å². The maximum atomic E-state index is 14.2. The largest absolute Gasteiger partial charge is 0.507 e. The van der Waals surface area contributed by atoms with E-state index in [0.29, 0.717) is 46.0 Å². The van der Waals surface area contributed by atoms with Crippen LogP contribution in [-0.2, 0) is 23.7 Å². The molecule has 8 heteroatoms. The highest BCUT2D eigenvalue weighted by Gasteiger charge is 2.25. The Morgan fingerprint density at radius 2 is 0.982 bits per heavy atom. The van der Waals surface area contributed by atoms with Crippen LogP contribution < -0.4 is 20.1 Å². The maximum Gasteiger partial charge on any atom is 0.259 e. The number of phenolic OH excluding ortho intramolecular Hbond substituents is 2. The molecule has 6 aromatic rings. The zero-order chi connectivity index (χ0) is 40.6. The summed E-state index contributed by atoms with van der Waals surface area (Å²) in [5.74, 6) is -0.306. The van der Waals surface area contributed by atoms with Crippen LogP contribution in [0.25, 0.3) is 21.5 Å². The molecule has 8 nitrogen and oxygen atoms in total. The van der Waals surface area contributed by atoms with Crippen molar-refractivity contribution in [3.8, 4) is 23.0 Å². The van der Waals surface area contributed by atoms with Gasteiger partial charge in [-0.05, 0) is 92.7 Å². The van der Waals surface area contributed by atoms with Crippen LogP contribution in [0.2, 0.25) is 0 Å². The van der Waals surface area contributed by atoms with Gasteiger partial charge in [-0.2, -0.15) is 0 Å². The Morgan fingerprint density at radius 1 is 0.579 bits per heavy atom. The van der Waals surface area contributed by atoms with Gasteiger partial charge < -0.3 is 30.3 Å². The standard InChI is InChI=1S/C49H50N2O6/c1-29-23-36-34-15-10-8-13-30(34)25-38(44(36)52)46(54)50-40-27-32(48(2,3)4)17-19-42(40)56-21-12-22-57-43-20-18-33(49(5,6)7)28-41(43)51-47(55)39-26-31-14-9-11-16-35(31)37(24-29)45(39)53/h8-11,13-20,25-28,52-53H,1,12,21-24H2,2-7H3,(H,50,54)(H,51,55). The fourth-order valence-corrected chi connectivity index (χ4v) is 7.33. The maximum absolute atomic E-state index is 14.2. The van der Waals surface area contributed by atoms with Gasteiger partial charge in [0.1, 0.15) is 23.0 Å². The summed E-state index contributed by atoms with van der Waals surface area (Å²) in [6.07, 6.45) is 0.897. The molecule has 0 fully saturated rings. The van der Waals surface area contributed by atoms with Gasteiger partial charge in [-0.25, -0.2) is 0 Å². The quantitative estimate of drug-likeness (QED) is 0.115. The molecule has 1 aliphatic heterocycles. The summed E-state index contributed by atoms with van der Waals surface area (Å²) in [6.45, 7) is 17.6. The number of aromatic hydroxyl groups is 2. The molecule has 0 atom stereocenters. The van der Waals surface area contributed by atoms with E-state index in [9.17, 15) is 19.8 Å². The number of nitrogens with one attached hydrogen (secondary N) is 2. The van der Waals surface area contributed by atoms with E-state index in [1.54, 1.807) is 12.1 Å². The van der Waals surface area contributed by atoms with Crippen LogP contribution in [0.5, 0.6) is 23.0 Å². The van der Waals surface area contributed by atoms with Crippen molar-refractivity contribution in [2.75, 3.05) is 23.8 Å². The third-order valence-electron chi connectivity index (χ3n) is 10.6. The molecule has 1 aliphatic rings. The number of carbonyl (C=O) groups excluding carboxylic acids is 2. The second-order valence-corrected chi connectivity index (χ2v) is 16.9. The van der Waals surface area contributed by atoms with Gasteiger partial charge in [-0.3, -0.25) is 9.59 Å². The number of fused-ring (bicyclic) bond motifs is 10. The van der Waals surface area contributed by atoms with Crippen molar-refractivity contribution >= 4 is 44.7 Å². The van der Waals surface area contributed by atoms with Crippen molar-refractivity contribution in [1.29, 1.82) is 0 Å². The highest BCUT2D eigenvalue weighted by Crippen LogP contribution is 2.39. The highest BCUT2D eigenvalue weighted by molar-refractivity contribution is 6.11. The summed E-state index contributed by atoms with van der Waals surface area (Å²) in [6, 6.07) is 30.1. The van der Waals surface area contributed by atoms with Gasteiger partial charge in [-0.15, -0.1) is 0 Å². The molecule has 0 radical (unpaired) electrons. The molecule has 57 heavy (non-hydrogen) atoms. The molecule has 0 unspecified atom stereocenters. The van der Waals surface area contributed by atoms with Gasteiger partial charge in [0.05, 0.1) is 35.7 Å². The predicted octanol–water partition coefficient (Wildman–Crippen LogP) is 11.0. The minimum absolute atomic E-state index is 0.111. The van der Waals surface area contributed by atoms with Gasteiger partial charge >= 0.3 is 0 Å². The number of allylic oxidation sites excluding steroid dienone is 1. The summed E-state index contributed by atoms with van der Waals surface area (Å²) in [4.78, 5) is 28.4. The Morgan fingerprint density at radius 3 is 1.39 bits per heavy atom. The lowest BCUT2D eigenvalue weighted by molar-refractivity contribution is 0.101. The average molecular weight is 763 g/mol. The third-order valence-corrected chi connectivity index (χ3v) is 10.6. The van der Waals surface area contributed by atoms with Crippen LogP contribution in [0.15, 0.2) is 109 Å². The van der Waals surface area contributed by atoms with Crippen LogP contribution >= 0.6 is 0 Å². The fourth-order valence-electron chi connectivity index (χ4n) is 7.33. The zero-order valence-electron chi connectivity index (χ0n) is 33.5. The van der Waals surface area contributed by atoms with E-state index < -0.39 is 11.8 Å². The molecule has 0 saturated heterocycles. The Hall–Kier alpha value is -6.28. The molecule has 7 rings (SSSR count). The van der Waals surface area contributed by atoms with Gasteiger partial charge in [0.25, 0.3) is 11.8 Å². The molecular weight excluding hydrogens is 713 g/mol. The average Bonchev–Trinajstić information content (AvgIpc) is 3.16. The van der Waals surface area contributed by atoms with Crippen LogP contribution in [0.1, 0.15) is 90.9 Å². The lowest BCUT2D eigenvalue weighted by atomic mass is 9.86. The summed E-state index contributed by atoms with van der Waals surface area (Å²) in [5.41, 5.74) is 4.52. The third kappa shape index (κ3) is 8.17. The van der Waals surface area contributed by atoms with E-state index in [1.165, 1.54) is 0 Å². The molecule has 0 aromatic heterocycles. The number of amides is 2. The van der Waals surface area contributed by atoms with E-state index in [0.717, 1.165) is 32.7 Å². The Kier molecular flexibility index (Phi) is 10.5. The first-order chi connectivity index (χ1) is 27.1. The van der Waals surface area contributed by atoms with Crippen molar-refractivity contribution in [2.45, 2.75) is 71.6 Å². The minimum Gasteiger partial charge on any atom is -0.507 e. The van der Waals surface area contributed by atoms with E-state index in [1.807, 2.05) is 84.9 Å². The zero-order valence-corrected chi connectivity index (χ0v) is 33.5. The van der Waals surface area contributed by atoms with E-state index in [-0.39, 0.29) is 59.5 Å². The van der Waals surface area contributed by atoms with E-state index >= 15 is 0 Å². The second-order valence-electron chi connectivity index (χ2n) is 16.9.